The van der Waals surface area contributed by atoms with Gasteiger partial charge in [-0.05, 0) is 55.2 Å². The molecule has 1 atom stereocenters. The molecule has 0 radical (unpaired) electrons. The number of para-hydroxylation sites is 1. The number of sulfonamides is 1. The number of aryl methyl sites for hydroxylation is 1. The van der Waals surface area contributed by atoms with E-state index in [1.807, 2.05) is 0 Å². The molecule has 0 aliphatic carbocycles. The highest BCUT2D eigenvalue weighted by atomic mass is 32.2. The van der Waals surface area contributed by atoms with E-state index in [1.165, 1.54) is 26.7 Å². The van der Waals surface area contributed by atoms with Crippen LogP contribution in [0.2, 0.25) is 0 Å². The molecule has 2 fully saturated rings. The molecule has 2 saturated heterocycles. The molecule has 1 aromatic heterocycles. The summed E-state index contributed by atoms with van der Waals surface area (Å²) in [5.74, 6) is -0.202. The van der Waals surface area contributed by atoms with Gasteiger partial charge in [0.2, 0.25) is 10.0 Å². The van der Waals surface area contributed by atoms with Crippen LogP contribution in [-0.4, -0.2) is 94.1 Å². The summed E-state index contributed by atoms with van der Waals surface area (Å²) in [6.45, 7) is 8.12. The zero-order chi connectivity index (χ0) is 27.4. The number of carbonyl (C=O) groups is 1. The van der Waals surface area contributed by atoms with Crippen LogP contribution in [0.3, 0.4) is 0 Å². The van der Waals surface area contributed by atoms with Crippen molar-refractivity contribution in [2.24, 2.45) is 0 Å². The van der Waals surface area contributed by atoms with Gasteiger partial charge in [-0.15, -0.1) is 0 Å². The fraction of sp³-hybridized carbons (Fsp3) is 0.500. The average molecular weight is 572 g/mol. The lowest BCUT2D eigenvalue weighted by molar-refractivity contribution is 0.0947. The Morgan fingerprint density at radius 2 is 1.92 bits per heavy atom. The molecule has 1 amide bonds. The minimum atomic E-state index is -3.63. The number of hydrogen-bond acceptors (Lipinski definition) is 8. The van der Waals surface area contributed by atoms with Crippen molar-refractivity contribution >= 4 is 42.6 Å². The molecule has 3 heterocycles. The summed E-state index contributed by atoms with van der Waals surface area (Å²) >= 11 is 1.76. The third-order valence-corrected chi connectivity index (χ3v) is 10.5. The number of amides is 1. The largest absolute Gasteiger partial charge is 0.377 e. The van der Waals surface area contributed by atoms with E-state index < -0.39 is 10.0 Å². The van der Waals surface area contributed by atoms with Crippen molar-refractivity contribution in [3.05, 3.63) is 53.6 Å². The van der Waals surface area contributed by atoms with Gasteiger partial charge >= 0.3 is 0 Å². The van der Waals surface area contributed by atoms with Gasteiger partial charge in [0.05, 0.1) is 21.2 Å². The van der Waals surface area contributed by atoms with Crippen molar-refractivity contribution in [1.29, 1.82) is 0 Å². The summed E-state index contributed by atoms with van der Waals surface area (Å²) in [7, 11) is -2.06. The molecule has 5 rings (SSSR count). The smallest absolute Gasteiger partial charge is 0.251 e. The third kappa shape index (κ3) is 6.44. The second kappa shape index (κ2) is 12.3. The fourth-order valence-electron chi connectivity index (χ4n) is 5.14. The Labute approximate surface area is 234 Å². The molecule has 1 unspecified atom stereocenters. The van der Waals surface area contributed by atoms with E-state index in [1.54, 1.807) is 30.5 Å². The first-order chi connectivity index (χ1) is 18.8. The number of thiazole rings is 1. The highest BCUT2D eigenvalue weighted by Crippen LogP contribution is 2.31. The van der Waals surface area contributed by atoms with Crippen molar-refractivity contribution in [2.45, 2.75) is 37.2 Å². The van der Waals surface area contributed by atoms with E-state index in [4.69, 9.17) is 9.72 Å². The van der Waals surface area contributed by atoms with Gasteiger partial charge in [0, 0.05) is 65.0 Å². The number of rotatable bonds is 10. The van der Waals surface area contributed by atoms with Crippen molar-refractivity contribution < 1.29 is 17.9 Å². The minimum Gasteiger partial charge on any atom is -0.377 e. The summed E-state index contributed by atoms with van der Waals surface area (Å²) in [4.78, 5) is 22.5. The van der Waals surface area contributed by atoms with E-state index in [9.17, 15) is 13.2 Å². The molecule has 2 aliphatic heterocycles. The number of hydrogen-bond donors (Lipinski definition) is 1. The number of benzene rings is 2. The van der Waals surface area contributed by atoms with Crippen LogP contribution in [-0.2, 0) is 21.2 Å². The first-order valence-electron chi connectivity index (χ1n) is 13.7. The van der Waals surface area contributed by atoms with Crippen LogP contribution in [0.1, 0.15) is 35.7 Å². The van der Waals surface area contributed by atoms with Crippen LogP contribution >= 0.6 is 11.3 Å². The summed E-state index contributed by atoms with van der Waals surface area (Å²) < 4.78 is 33.9. The second-order valence-corrected chi connectivity index (χ2v) is 13.2. The SMILES string of the molecule is CCc1cccc2sc(N3CCN(CCNC(=O)c4ccc(S(=O)(=O)N(C)CC5CCCO5)cc4)CC3)nc12. The van der Waals surface area contributed by atoms with Crippen LogP contribution in [0.5, 0.6) is 0 Å². The quantitative estimate of drug-likeness (QED) is 0.399. The topological polar surface area (TPSA) is 95.1 Å². The molecule has 0 bridgehead atoms. The highest BCUT2D eigenvalue weighted by molar-refractivity contribution is 7.89. The van der Waals surface area contributed by atoms with Crippen LogP contribution in [0, 0.1) is 0 Å². The molecule has 2 aliphatic rings. The fourth-order valence-corrected chi connectivity index (χ4v) is 7.41. The maximum Gasteiger partial charge on any atom is 0.251 e. The molecular formula is C28H37N5O4S2. The highest BCUT2D eigenvalue weighted by Gasteiger charge is 2.26. The van der Waals surface area contributed by atoms with Gasteiger partial charge in [-0.2, -0.15) is 4.31 Å². The Balaban J connectivity index is 1.07. The van der Waals surface area contributed by atoms with Crippen LogP contribution < -0.4 is 10.2 Å². The number of ether oxygens (including phenoxy) is 1. The molecule has 3 aromatic rings. The minimum absolute atomic E-state index is 0.0562. The van der Waals surface area contributed by atoms with Gasteiger partial charge < -0.3 is 15.0 Å². The standard InChI is InChI=1S/C28H37N5O4S2/c1-3-21-6-4-8-25-26(21)30-28(38-25)33-17-15-32(16-18-33)14-13-29-27(34)22-9-11-24(12-10-22)39(35,36)31(2)20-23-7-5-19-37-23/h4,6,8-12,23H,3,5,7,13-20H2,1-2H3,(H,29,34). The molecule has 9 nitrogen and oxygen atoms in total. The monoisotopic (exact) mass is 571 g/mol. The lowest BCUT2D eigenvalue weighted by Gasteiger charge is -2.34. The maximum absolute atomic E-state index is 12.9. The molecule has 39 heavy (non-hydrogen) atoms. The van der Waals surface area contributed by atoms with Crippen LogP contribution in [0.15, 0.2) is 47.4 Å². The number of piperazine rings is 1. The predicted octanol–water partition coefficient (Wildman–Crippen LogP) is 3.21. The summed E-state index contributed by atoms with van der Waals surface area (Å²) in [5.41, 5.74) is 2.87. The van der Waals surface area contributed by atoms with E-state index in [-0.39, 0.29) is 16.9 Å². The van der Waals surface area contributed by atoms with Gasteiger partial charge in [-0.1, -0.05) is 30.4 Å². The van der Waals surface area contributed by atoms with E-state index in [0.29, 0.717) is 25.3 Å². The van der Waals surface area contributed by atoms with Gasteiger partial charge in [0.25, 0.3) is 5.91 Å². The van der Waals surface area contributed by atoms with Crippen molar-refractivity contribution in [3.8, 4) is 0 Å². The van der Waals surface area contributed by atoms with Crippen molar-refractivity contribution in [2.75, 3.05) is 64.4 Å². The molecule has 0 saturated carbocycles. The zero-order valence-corrected chi connectivity index (χ0v) is 24.3. The third-order valence-electron chi connectivity index (χ3n) is 7.54. The zero-order valence-electron chi connectivity index (χ0n) is 22.6. The molecule has 1 N–H and O–H groups in total. The number of anilines is 1. The van der Waals surface area contributed by atoms with Gasteiger partial charge in [0.15, 0.2) is 5.13 Å². The number of aromatic nitrogens is 1. The van der Waals surface area contributed by atoms with E-state index >= 15 is 0 Å². The normalized spacial score (nSPS) is 18.7. The Kier molecular flexibility index (Phi) is 8.82. The van der Waals surface area contributed by atoms with E-state index in [0.717, 1.165) is 62.6 Å². The van der Waals surface area contributed by atoms with Crippen LogP contribution in [0.25, 0.3) is 10.2 Å². The van der Waals surface area contributed by atoms with Crippen LogP contribution in [0.4, 0.5) is 5.13 Å². The number of carbonyl (C=O) groups excluding carboxylic acids is 1. The summed E-state index contributed by atoms with van der Waals surface area (Å²) in [6.07, 6.45) is 2.76. The molecule has 0 spiro atoms. The molecule has 2 aromatic carbocycles. The summed E-state index contributed by atoms with van der Waals surface area (Å²) in [6, 6.07) is 12.6. The van der Waals surface area contributed by atoms with E-state index in [2.05, 4.69) is 40.2 Å². The Morgan fingerprint density at radius 3 is 2.62 bits per heavy atom. The lowest BCUT2D eigenvalue weighted by atomic mass is 10.1. The van der Waals surface area contributed by atoms with Gasteiger partial charge in [-0.25, -0.2) is 13.4 Å². The second-order valence-electron chi connectivity index (χ2n) is 10.1. The van der Waals surface area contributed by atoms with Crippen molar-refractivity contribution in [3.63, 3.8) is 0 Å². The average Bonchev–Trinajstić information content (AvgIpc) is 3.63. The number of fused-ring (bicyclic) bond motifs is 1. The molecular weight excluding hydrogens is 534 g/mol. The first kappa shape index (κ1) is 28.0. The predicted molar refractivity (Wildman–Crippen MR) is 155 cm³/mol. The Morgan fingerprint density at radius 1 is 1.15 bits per heavy atom. The number of likely N-dealkylation sites (N-methyl/N-ethyl adjacent to an activating group) is 1. The van der Waals surface area contributed by atoms with Gasteiger partial charge in [0.1, 0.15) is 0 Å². The Hall–Kier alpha value is -2.57. The van der Waals surface area contributed by atoms with Crippen molar-refractivity contribution in [1.82, 2.24) is 19.5 Å². The number of nitrogens with zero attached hydrogens (tertiary/aromatic N) is 4. The lowest BCUT2D eigenvalue weighted by Crippen LogP contribution is -2.48. The number of nitrogens with one attached hydrogen (secondary N) is 1. The van der Waals surface area contributed by atoms with Gasteiger partial charge in [-0.3, -0.25) is 9.69 Å². The summed E-state index contributed by atoms with van der Waals surface area (Å²) in [5, 5.41) is 4.05. The molecule has 11 heteroatoms. The Bertz CT molecular complexity index is 1380. The molecule has 210 valence electrons. The maximum atomic E-state index is 12.9. The first-order valence-corrected chi connectivity index (χ1v) is 15.9.